The van der Waals surface area contributed by atoms with Gasteiger partial charge in [0.15, 0.2) is 0 Å². The van der Waals surface area contributed by atoms with E-state index in [0.717, 1.165) is 5.56 Å². The van der Waals surface area contributed by atoms with Gasteiger partial charge >= 0.3 is 0 Å². The van der Waals surface area contributed by atoms with Crippen LogP contribution in [-0.2, 0) is 16.6 Å². The second-order valence-electron chi connectivity index (χ2n) is 4.29. The van der Waals surface area contributed by atoms with Gasteiger partial charge in [0, 0.05) is 6.20 Å². The molecule has 0 aliphatic rings. The molecule has 0 radical (unpaired) electrons. The number of hydrogen-bond donors (Lipinski definition) is 3. The molecule has 0 spiro atoms. The van der Waals surface area contributed by atoms with E-state index in [9.17, 15) is 8.42 Å². The van der Waals surface area contributed by atoms with Crippen LogP contribution in [0.2, 0.25) is 0 Å². The zero-order valence-corrected chi connectivity index (χ0v) is 11.5. The van der Waals surface area contributed by atoms with E-state index in [0.29, 0.717) is 16.8 Å². The van der Waals surface area contributed by atoms with Gasteiger partial charge in [-0.1, -0.05) is 6.07 Å². The fourth-order valence-electron chi connectivity index (χ4n) is 1.79. The molecule has 3 N–H and O–H groups in total. The Balaban J connectivity index is 2.48. The van der Waals surface area contributed by atoms with Crippen molar-refractivity contribution in [3.63, 3.8) is 0 Å². The first kappa shape index (κ1) is 13.6. The number of sulfonamides is 1. The van der Waals surface area contributed by atoms with Gasteiger partial charge in [-0.2, -0.15) is 5.10 Å². The van der Waals surface area contributed by atoms with Crippen molar-refractivity contribution in [3.8, 4) is 0 Å². The lowest BCUT2D eigenvalue weighted by molar-refractivity contribution is 0.281. The van der Waals surface area contributed by atoms with Gasteiger partial charge in [0.1, 0.15) is 0 Å². The van der Waals surface area contributed by atoms with Gasteiger partial charge in [-0.15, -0.1) is 0 Å². The second-order valence-corrected chi connectivity index (χ2v) is 5.94. The number of aliphatic hydroxyl groups excluding tert-OH is 1. The molecule has 0 amide bonds. The summed E-state index contributed by atoms with van der Waals surface area (Å²) in [6, 6.07) is 3.25. The lowest BCUT2D eigenvalue weighted by atomic mass is 10.1. The van der Waals surface area contributed by atoms with Gasteiger partial charge in [0.2, 0.25) is 0 Å². The predicted molar refractivity (Wildman–Crippen MR) is 71.2 cm³/mol. The number of nitrogens with one attached hydrogen (secondary N) is 2. The van der Waals surface area contributed by atoms with Crippen LogP contribution in [0.5, 0.6) is 0 Å². The minimum absolute atomic E-state index is 0.165. The Morgan fingerprint density at radius 1 is 1.37 bits per heavy atom. The fourth-order valence-corrected chi connectivity index (χ4v) is 3.19. The Morgan fingerprint density at radius 3 is 2.68 bits per heavy atom. The van der Waals surface area contributed by atoms with Crippen LogP contribution in [0, 0.1) is 13.8 Å². The number of rotatable bonds is 4. The van der Waals surface area contributed by atoms with Crippen LogP contribution in [0.25, 0.3) is 0 Å². The monoisotopic (exact) mass is 281 g/mol. The van der Waals surface area contributed by atoms with Crippen LogP contribution in [-0.4, -0.2) is 23.7 Å². The van der Waals surface area contributed by atoms with Crippen molar-refractivity contribution in [1.82, 2.24) is 10.2 Å². The third kappa shape index (κ3) is 2.77. The maximum absolute atomic E-state index is 12.3. The number of aryl methyl sites for hydroxylation is 1. The van der Waals surface area contributed by atoms with Crippen LogP contribution in [0.4, 0.5) is 5.69 Å². The number of benzene rings is 1. The number of aromatic amines is 1. The zero-order valence-electron chi connectivity index (χ0n) is 10.6. The molecule has 0 saturated carbocycles. The van der Waals surface area contributed by atoms with Gasteiger partial charge in [0.25, 0.3) is 10.0 Å². The van der Waals surface area contributed by atoms with Crippen LogP contribution < -0.4 is 4.72 Å². The molecule has 102 valence electrons. The molecule has 1 aromatic carbocycles. The molecule has 6 nitrogen and oxygen atoms in total. The summed E-state index contributed by atoms with van der Waals surface area (Å²) < 4.78 is 27.0. The quantitative estimate of drug-likeness (QED) is 0.787. The first-order valence-electron chi connectivity index (χ1n) is 5.66. The molecule has 0 fully saturated rings. The first-order chi connectivity index (χ1) is 8.94. The summed E-state index contributed by atoms with van der Waals surface area (Å²) in [5.41, 5.74) is 2.41. The Bertz CT molecular complexity index is 678. The van der Waals surface area contributed by atoms with Crippen molar-refractivity contribution in [2.24, 2.45) is 0 Å². The molecule has 0 unspecified atom stereocenters. The number of hydrogen-bond acceptors (Lipinski definition) is 4. The van der Waals surface area contributed by atoms with Crippen LogP contribution in [0.1, 0.15) is 16.7 Å². The number of nitrogens with zero attached hydrogens (tertiary/aromatic N) is 1. The highest BCUT2D eigenvalue weighted by atomic mass is 32.2. The van der Waals surface area contributed by atoms with Crippen molar-refractivity contribution >= 4 is 15.7 Å². The molecule has 19 heavy (non-hydrogen) atoms. The lowest BCUT2D eigenvalue weighted by Gasteiger charge is -2.12. The normalized spacial score (nSPS) is 11.5. The molecular weight excluding hydrogens is 266 g/mol. The van der Waals surface area contributed by atoms with E-state index in [2.05, 4.69) is 14.9 Å². The highest BCUT2D eigenvalue weighted by Crippen LogP contribution is 2.23. The molecule has 0 atom stereocenters. The zero-order chi connectivity index (χ0) is 14.0. The SMILES string of the molecule is Cc1cc(CO)cc(S(=O)(=O)Nc2cn[nH]c2)c1C. The number of aliphatic hydroxyl groups is 1. The van der Waals surface area contributed by atoms with Gasteiger partial charge in [-0.3, -0.25) is 9.82 Å². The molecule has 2 aromatic rings. The minimum atomic E-state index is -3.69. The smallest absolute Gasteiger partial charge is 0.262 e. The Morgan fingerprint density at radius 2 is 2.11 bits per heavy atom. The average Bonchev–Trinajstić information content (AvgIpc) is 2.84. The number of aromatic nitrogens is 2. The molecule has 0 bridgehead atoms. The van der Waals surface area contributed by atoms with Crippen molar-refractivity contribution in [1.29, 1.82) is 0 Å². The topological polar surface area (TPSA) is 95.1 Å². The molecule has 7 heteroatoms. The summed E-state index contributed by atoms with van der Waals surface area (Å²) in [6.07, 6.45) is 2.84. The average molecular weight is 281 g/mol. The minimum Gasteiger partial charge on any atom is -0.392 e. The summed E-state index contributed by atoms with van der Waals surface area (Å²) in [6.45, 7) is 3.35. The van der Waals surface area contributed by atoms with Gasteiger partial charge < -0.3 is 5.11 Å². The third-order valence-electron chi connectivity index (χ3n) is 2.90. The molecule has 0 saturated heterocycles. The molecule has 1 aromatic heterocycles. The third-order valence-corrected chi connectivity index (χ3v) is 4.41. The van der Waals surface area contributed by atoms with E-state index in [-0.39, 0.29) is 11.5 Å². The lowest BCUT2D eigenvalue weighted by Crippen LogP contribution is -2.15. The van der Waals surface area contributed by atoms with E-state index in [4.69, 9.17) is 5.11 Å². The largest absolute Gasteiger partial charge is 0.392 e. The standard InChI is InChI=1S/C12H15N3O3S/c1-8-3-10(7-16)4-12(9(8)2)19(17,18)15-11-5-13-14-6-11/h3-6,15-16H,7H2,1-2H3,(H,13,14). The molecular formula is C12H15N3O3S. The molecule has 0 aliphatic heterocycles. The van der Waals surface area contributed by atoms with Gasteiger partial charge in [-0.05, 0) is 36.6 Å². The fraction of sp³-hybridized carbons (Fsp3) is 0.250. The van der Waals surface area contributed by atoms with Gasteiger partial charge in [0.05, 0.1) is 23.4 Å². The summed E-state index contributed by atoms with van der Waals surface area (Å²) in [5, 5.41) is 15.4. The maximum Gasteiger partial charge on any atom is 0.262 e. The van der Waals surface area contributed by atoms with Crippen molar-refractivity contribution < 1.29 is 13.5 Å². The number of H-pyrrole nitrogens is 1. The summed E-state index contributed by atoms with van der Waals surface area (Å²) in [7, 11) is -3.69. The molecule has 0 aliphatic carbocycles. The highest BCUT2D eigenvalue weighted by Gasteiger charge is 2.19. The Hall–Kier alpha value is -1.86. The molecule has 1 heterocycles. The first-order valence-corrected chi connectivity index (χ1v) is 7.15. The van der Waals surface area contributed by atoms with Crippen molar-refractivity contribution in [3.05, 3.63) is 41.2 Å². The van der Waals surface area contributed by atoms with E-state index < -0.39 is 10.0 Å². The van der Waals surface area contributed by atoms with Crippen LogP contribution >= 0.6 is 0 Å². The van der Waals surface area contributed by atoms with E-state index in [1.54, 1.807) is 13.0 Å². The highest BCUT2D eigenvalue weighted by molar-refractivity contribution is 7.92. The Kier molecular flexibility index (Phi) is 3.59. The van der Waals surface area contributed by atoms with Gasteiger partial charge in [-0.25, -0.2) is 8.42 Å². The van der Waals surface area contributed by atoms with E-state index in [1.807, 2.05) is 6.92 Å². The summed E-state index contributed by atoms with van der Waals surface area (Å²) in [5.74, 6) is 0. The van der Waals surface area contributed by atoms with E-state index >= 15 is 0 Å². The maximum atomic E-state index is 12.3. The Labute approximate surface area is 111 Å². The molecule has 2 rings (SSSR count). The summed E-state index contributed by atoms with van der Waals surface area (Å²) in [4.78, 5) is 0.165. The van der Waals surface area contributed by atoms with Crippen LogP contribution in [0.15, 0.2) is 29.4 Å². The van der Waals surface area contributed by atoms with Crippen LogP contribution in [0.3, 0.4) is 0 Å². The predicted octanol–water partition coefficient (Wildman–Crippen LogP) is 1.32. The van der Waals surface area contributed by atoms with Crippen molar-refractivity contribution in [2.45, 2.75) is 25.3 Å². The number of anilines is 1. The van der Waals surface area contributed by atoms with Crippen molar-refractivity contribution in [2.75, 3.05) is 4.72 Å². The van der Waals surface area contributed by atoms with E-state index in [1.165, 1.54) is 18.5 Å². The second kappa shape index (κ2) is 5.02. The summed E-state index contributed by atoms with van der Waals surface area (Å²) >= 11 is 0.